The molecule has 1 N–H and O–H groups in total. The van der Waals surface area contributed by atoms with Crippen molar-refractivity contribution in [2.45, 2.75) is 13.5 Å². The van der Waals surface area contributed by atoms with E-state index in [0.29, 0.717) is 17.5 Å². The lowest BCUT2D eigenvalue weighted by atomic mass is 9.99. The highest BCUT2D eigenvalue weighted by atomic mass is 16.4. The third-order valence-electron chi connectivity index (χ3n) is 4.53. The molecule has 5 heteroatoms. The number of amides is 1. The van der Waals surface area contributed by atoms with Crippen LogP contribution >= 0.6 is 0 Å². The Labute approximate surface area is 161 Å². The molecule has 2 aromatic carbocycles. The van der Waals surface area contributed by atoms with Crippen molar-refractivity contribution in [2.24, 2.45) is 0 Å². The largest absolute Gasteiger partial charge is 0.415 e. The van der Waals surface area contributed by atoms with Gasteiger partial charge in [0.2, 0.25) is 5.76 Å². The van der Waals surface area contributed by atoms with Crippen LogP contribution in [-0.2, 0) is 6.54 Å². The summed E-state index contributed by atoms with van der Waals surface area (Å²) in [6.45, 7) is 2.32. The monoisotopic (exact) mass is 370 g/mol. The molecule has 0 aliphatic heterocycles. The van der Waals surface area contributed by atoms with E-state index in [0.717, 1.165) is 16.7 Å². The lowest BCUT2D eigenvalue weighted by molar-refractivity contribution is 0.0920. The van der Waals surface area contributed by atoms with Gasteiger partial charge >= 0.3 is 5.63 Å². The summed E-state index contributed by atoms with van der Waals surface area (Å²) in [7, 11) is 0. The minimum Gasteiger partial charge on any atom is -0.415 e. The van der Waals surface area contributed by atoms with Crippen LogP contribution in [0.4, 0.5) is 0 Å². The van der Waals surface area contributed by atoms with Gasteiger partial charge in [0.05, 0.1) is 0 Å². The second kappa shape index (κ2) is 7.48. The van der Waals surface area contributed by atoms with Crippen LogP contribution in [0.15, 0.2) is 82.1 Å². The number of pyridine rings is 1. The summed E-state index contributed by atoms with van der Waals surface area (Å²) in [6, 6.07) is 20.8. The predicted molar refractivity (Wildman–Crippen MR) is 108 cm³/mol. The molecule has 0 spiro atoms. The Balaban J connectivity index is 1.82. The van der Waals surface area contributed by atoms with Gasteiger partial charge < -0.3 is 9.73 Å². The maximum atomic E-state index is 12.9. The summed E-state index contributed by atoms with van der Waals surface area (Å²) < 4.78 is 5.43. The molecule has 28 heavy (non-hydrogen) atoms. The average Bonchev–Trinajstić information content (AvgIpc) is 2.73. The van der Waals surface area contributed by atoms with E-state index in [-0.39, 0.29) is 11.3 Å². The Morgan fingerprint density at radius 1 is 1.00 bits per heavy atom. The van der Waals surface area contributed by atoms with Crippen LogP contribution < -0.4 is 10.9 Å². The molecule has 4 aromatic rings. The number of hydrogen-bond donors (Lipinski definition) is 1. The number of benzene rings is 2. The smallest absolute Gasteiger partial charge is 0.363 e. The van der Waals surface area contributed by atoms with E-state index in [1.807, 2.05) is 61.5 Å². The van der Waals surface area contributed by atoms with Gasteiger partial charge in [-0.05, 0) is 24.1 Å². The predicted octanol–water partition coefficient (Wildman–Crippen LogP) is 4.09. The second-order valence-electron chi connectivity index (χ2n) is 6.53. The standard InChI is InChI=1S/C23H18N2O3/c1-15-9-11-17(12-10-15)19-18-8-5-13-24-20(18)23(27)28-21(19)22(26)25-14-16-6-3-2-4-7-16/h2-13H,14H2,1H3,(H,25,26). The first-order chi connectivity index (χ1) is 13.6. The molecule has 0 saturated carbocycles. The van der Waals surface area contributed by atoms with Crippen LogP contribution in [0.25, 0.3) is 22.0 Å². The van der Waals surface area contributed by atoms with Crippen molar-refractivity contribution in [2.75, 3.05) is 0 Å². The number of hydrogen-bond acceptors (Lipinski definition) is 4. The number of rotatable bonds is 4. The van der Waals surface area contributed by atoms with Gasteiger partial charge in [0.25, 0.3) is 5.91 Å². The van der Waals surface area contributed by atoms with E-state index in [1.54, 1.807) is 12.1 Å². The molecule has 138 valence electrons. The maximum absolute atomic E-state index is 12.9. The highest BCUT2D eigenvalue weighted by Gasteiger charge is 2.21. The number of aromatic nitrogens is 1. The summed E-state index contributed by atoms with van der Waals surface area (Å²) in [5, 5.41) is 3.43. The number of fused-ring (bicyclic) bond motifs is 1. The van der Waals surface area contributed by atoms with Gasteiger partial charge in [-0.25, -0.2) is 9.78 Å². The summed E-state index contributed by atoms with van der Waals surface area (Å²) in [6.07, 6.45) is 1.54. The lowest BCUT2D eigenvalue weighted by Crippen LogP contribution is -2.25. The van der Waals surface area contributed by atoms with E-state index in [4.69, 9.17) is 4.42 Å². The number of aryl methyl sites for hydroxylation is 1. The first-order valence-electron chi connectivity index (χ1n) is 8.94. The summed E-state index contributed by atoms with van der Waals surface area (Å²) >= 11 is 0. The lowest BCUT2D eigenvalue weighted by Gasteiger charge is -2.12. The van der Waals surface area contributed by atoms with E-state index in [2.05, 4.69) is 10.3 Å². The average molecular weight is 370 g/mol. The third kappa shape index (κ3) is 3.42. The molecule has 0 atom stereocenters. The fourth-order valence-electron chi connectivity index (χ4n) is 3.11. The maximum Gasteiger partial charge on any atom is 0.363 e. The Hall–Kier alpha value is -3.73. The molecule has 0 fully saturated rings. The summed E-state index contributed by atoms with van der Waals surface area (Å²) in [5.41, 5.74) is 2.98. The summed E-state index contributed by atoms with van der Waals surface area (Å²) in [5.74, 6) is -0.451. The molecule has 0 saturated heterocycles. The van der Waals surface area contributed by atoms with Crippen LogP contribution in [0.5, 0.6) is 0 Å². The molecular formula is C23H18N2O3. The molecule has 2 aromatic heterocycles. The van der Waals surface area contributed by atoms with E-state index < -0.39 is 11.5 Å². The Kier molecular flexibility index (Phi) is 4.72. The van der Waals surface area contributed by atoms with Crippen molar-refractivity contribution in [1.82, 2.24) is 10.3 Å². The van der Waals surface area contributed by atoms with E-state index >= 15 is 0 Å². The zero-order chi connectivity index (χ0) is 19.5. The fraction of sp³-hybridized carbons (Fsp3) is 0.0870. The van der Waals surface area contributed by atoms with E-state index in [1.165, 1.54) is 6.20 Å². The summed E-state index contributed by atoms with van der Waals surface area (Å²) in [4.78, 5) is 29.5. The van der Waals surface area contributed by atoms with Gasteiger partial charge in [-0.2, -0.15) is 0 Å². The number of carbonyl (C=O) groups excluding carboxylic acids is 1. The molecular weight excluding hydrogens is 352 g/mol. The van der Waals surface area contributed by atoms with Crippen molar-refractivity contribution in [3.63, 3.8) is 0 Å². The molecule has 0 unspecified atom stereocenters. The molecule has 0 radical (unpaired) electrons. The van der Waals surface area contributed by atoms with Gasteiger partial charge in [0.15, 0.2) is 5.52 Å². The van der Waals surface area contributed by atoms with Gasteiger partial charge in [0, 0.05) is 23.7 Å². The van der Waals surface area contributed by atoms with Crippen LogP contribution in [0, 0.1) is 6.92 Å². The highest BCUT2D eigenvalue weighted by molar-refractivity contribution is 6.06. The number of carbonyl (C=O) groups is 1. The van der Waals surface area contributed by atoms with Gasteiger partial charge in [-0.15, -0.1) is 0 Å². The Morgan fingerprint density at radius 3 is 2.50 bits per heavy atom. The molecule has 5 nitrogen and oxygen atoms in total. The van der Waals surface area contributed by atoms with Crippen LogP contribution in [-0.4, -0.2) is 10.9 Å². The van der Waals surface area contributed by atoms with Crippen LogP contribution in [0.1, 0.15) is 21.7 Å². The highest BCUT2D eigenvalue weighted by Crippen LogP contribution is 2.30. The van der Waals surface area contributed by atoms with Crippen molar-refractivity contribution in [3.05, 3.63) is 100 Å². The normalized spacial score (nSPS) is 10.8. The molecule has 0 aliphatic rings. The molecule has 0 bridgehead atoms. The minimum absolute atomic E-state index is 0.00900. The molecule has 1 amide bonds. The second-order valence-corrected chi connectivity index (χ2v) is 6.53. The van der Waals surface area contributed by atoms with Crippen molar-refractivity contribution in [3.8, 4) is 11.1 Å². The fourth-order valence-corrected chi connectivity index (χ4v) is 3.11. The zero-order valence-corrected chi connectivity index (χ0v) is 15.3. The number of nitrogens with one attached hydrogen (secondary N) is 1. The van der Waals surface area contributed by atoms with Gasteiger partial charge in [0.1, 0.15) is 0 Å². The molecule has 0 aliphatic carbocycles. The first kappa shape index (κ1) is 17.7. The van der Waals surface area contributed by atoms with Crippen LogP contribution in [0.2, 0.25) is 0 Å². The van der Waals surface area contributed by atoms with Gasteiger partial charge in [-0.1, -0.05) is 66.2 Å². The van der Waals surface area contributed by atoms with Crippen molar-refractivity contribution in [1.29, 1.82) is 0 Å². The third-order valence-corrected chi connectivity index (χ3v) is 4.53. The number of nitrogens with zero attached hydrogens (tertiary/aromatic N) is 1. The van der Waals surface area contributed by atoms with Crippen molar-refractivity contribution < 1.29 is 9.21 Å². The first-order valence-corrected chi connectivity index (χ1v) is 8.94. The minimum atomic E-state index is -0.628. The van der Waals surface area contributed by atoms with Crippen molar-refractivity contribution >= 4 is 16.8 Å². The zero-order valence-electron chi connectivity index (χ0n) is 15.3. The Bertz CT molecular complexity index is 1200. The van der Waals surface area contributed by atoms with Gasteiger partial charge in [-0.3, -0.25) is 4.79 Å². The van der Waals surface area contributed by atoms with Crippen LogP contribution in [0.3, 0.4) is 0 Å². The van der Waals surface area contributed by atoms with E-state index in [9.17, 15) is 9.59 Å². The molecule has 4 rings (SSSR count). The Morgan fingerprint density at radius 2 is 1.75 bits per heavy atom. The SMILES string of the molecule is Cc1ccc(-c2c(C(=O)NCc3ccccc3)oc(=O)c3ncccc23)cc1. The molecule has 2 heterocycles. The topological polar surface area (TPSA) is 72.2 Å². The quantitative estimate of drug-likeness (QED) is 0.587.